The fourth-order valence-electron chi connectivity index (χ4n) is 22.3. The molecule has 0 atom stereocenters. The zero-order valence-corrected chi connectivity index (χ0v) is 67.8. The van der Waals surface area contributed by atoms with Gasteiger partial charge in [-0.3, -0.25) is 0 Å². The molecule has 0 saturated heterocycles. The molecule has 0 N–H and O–H groups in total. The summed E-state index contributed by atoms with van der Waals surface area (Å²) in [6.45, 7) is 8.11. The standard InChI is InChI=1S/C115H91BN4/c1-113(2,3)82-71-110-112-111(72-82)119(66-32-7-5-10-36-78-38-14-16-40-85(78)81-57-61-93-91-46-22-29-53-101(91)115(103(93)69-81)98-50-26-19-43-88(98)89-44-20-27-51-99(89)115)109-73-83(120-106-54-30-23-47-94(106)95-67-75(74-117)55-63-107(95)120)59-62-104(109)116(112)105-70-79(76-33-11-8-12-34-76)58-64-108(105)118(110)65-31-6-4-9-35-77-37-13-15-39-84(77)80-56-60-92-90-45-21-28-52-100(90)114(102(92)68-80)96-48-24-17-41-86(96)87-42-18-25-49-97(87)114/h8,11-30,33-34,37-64,67-73H,4-7,9-10,31-32,35-36,65-66H2,1-3H3/i23D,30D,47D,54D,55D,63D,67D. The van der Waals surface area contributed by atoms with Crippen molar-refractivity contribution in [2.75, 3.05) is 22.9 Å². The van der Waals surface area contributed by atoms with E-state index in [0.29, 0.717) is 12.2 Å². The fourth-order valence-corrected chi connectivity index (χ4v) is 22.3. The molecule has 17 aromatic rings. The van der Waals surface area contributed by atoms with E-state index >= 15 is 0 Å². The number of anilines is 4. The average Bonchev–Trinajstić information content (AvgIpc) is 1.53. The molecule has 2 aliphatic heterocycles. The second-order valence-electron chi connectivity index (χ2n) is 34.9. The lowest BCUT2D eigenvalue weighted by molar-refractivity contribution is 0.589. The second kappa shape index (κ2) is 28.4. The highest BCUT2D eigenvalue weighted by atomic mass is 15.2. The first-order valence-electron chi connectivity index (χ1n) is 46.6. The Morgan fingerprint density at radius 3 is 1.27 bits per heavy atom. The predicted octanol–water partition coefficient (Wildman–Crippen LogP) is 26.7. The number of benzene rings is 16. The summed E-state index contributed by atoms with van der Waals surface area (Å²) in [5, 5.41) is 10.6. The van der Waals surface area contributed by atoms with Gasteiger partial charge in [0.05, 0.1) is 43.1 Å². The van der Waals surface area contributed by atoms with Gasteiger partial charge in [0.15, 0.2) is 0 Å². The van der Waals surface area contributed by atoms with Crippen molar-refractivity contribution in [2.24, 2.45) is 0 Å². The summed E-state index contributed by atoms with van der Waals surface area (Å²) in [5.41, 5.74) is 39.4. The van der Waals surface area contributed by atoms with Crippen LogP contribution < -0.4 is 26.2 Å². The number of unbranched alkanes of at least 4 members (excludes halogenated alkanes) is 6. The van der Waals surface area contributed by atoms with Gasteiger partial charge in [-0.05, 0) is 266 Å². The third kappa shape index (κ3) is 10.9. The summed E-state index contributed by atoms with van der Waals surface area (Å²) in [7, 11) is 0. The van der Waals surface area contributed by atoms with Gasteiger partial charge in [0.25, 0.3) is 6.71 Å². The summed E-state index contributed by atoms with van der Waals surface area (Å²) in [6.07, 6.45) is 9.72. The molecule has 23 rings (SSSR count). The Kier molecular flexibility index (Phi) is 15.3. The van der Waals surface area contributed by atoms with E-state index in [1.807, 2.05) is 12.1 Å². The molecule has 2 spiro atoms. The Balaban J connectivity index is 0.587. The first-order chi connectivity index (χ1) is 62.1. The number of rotatable bonds is 18. The fraction of sp³-hybridized carbons (Fsp3) is 0.157. The first kappa shape index (κ1) is 64.5. The van der Waals surface area contributed by atoms with Gasteiger partial charge in [-0.1, -0.05) is 332 Å². The van der Waals surface area contributed by atoms with Crippen LogP contribution in [0.1, 0.15) is 148 Å². The topological polar surface area (TPSA) is 35.2 Å². The predicted molar refractivity (Wildman–Crippen MR) is 502 cm³/mol. The smallest absolute Gasteiger partial charge is 0.252 e. The van der Waals surface area contributed by atoms with E-state index in [0.717, 1.165) is 104 Å². The van der Waals surface area contributed by atoms with Gasteiger partial charge in [0.1, 0.15) is 0 Å². The van der Waals surface area contributed by atoms with E-state index in [4.69, 9.17) is 2.74 Å². The maximum Gasteiger partial charge on any atom is 0.252 e. The minimum atomic E-state index is -0.480. The van der Waals surface area contributed by atoms with E-state index in [2.05, 4.69) is 334 Å². The van der Waals surface area contributed by atoms with Crippen molar-refractivity contribution in [3.05, 3.63) is 418 Å². The van der Waals surface area contributed by atoms with Gasteiger partial charge in [0.2, 0.25) is 0 Å². The van der Waals surface area contributed by atoms with Gasteiger partial charge in [-0.15, -0.1) is 0 Å². The Morgan fingerprint density at radius 1 is 0.342 bits per heavy atom. The van der Waals surface area contributed by atoms with Crippen molar-refractivity contribution in [1.29, 1.82) is 5.26 Å². The third-order valence-electron chi connectivity index (χ3n) is 27.6. The lowest BCUT2D eigenvalue weighted by Gasteiger charge is -2.45. The lowest BCUT2D eigenvalue weighted by Crippen LogP contribution is -2.62. The van der Waals surface area contributed by atoms with Crippen LogP contribution in [0.15, 0.2) is 352 Å². The van der Waals surface area contributed by atoms with E-state index in [1.54, 1.807) is 4.57 Å². The molecule has 120 heavy (non-hydrogen) atoms. The Hall–Kier alpha value is -13.5. The molecule has 0 bridgehead atoms. The van der Waals surface area contributed by atoms with Crippen molar-refractivity contribution in [3.8, 4) is 89.6 Å². The Labute approximate surface area is 714 Å². The third-order valence-corrected chi connectivity index (χ3v) is 27.6. The molecule has 0 amide bonds. The Bertz CT molecular complexity index is 7430. The molecule has 3 heterocycles. The van der Waals surface area contributed by atoms with E-state index < -0.39 is 29.0 Å². The molecule has 6 aliphatic rings. The highest BCUT2D eigenvalue weighted by molar-refractivity contribution is 7.00. The van der Waals surface area contributed by atoms with Crippen LogP contribution in [0.3, 0.4) is 0 Å². The molecule has 0 saturated carbocycles. The van der Waals surface area contributed by atoms with Crippen LogP contribution in [0, 0.1) is 11.3 Å². The number of nitrogens with zero attached hydrogens (tertiary/aromatic N) is 4. The first-order valence-corrected chi connectivity index (χ1v) is 43.1. The largest absolute Gasteiger partial charge is 0.342 e. The molecule has 0 fully saturated rings. The number of nitriles is 1. The summed E-state index contributed by atoms with van der Waals surface area (Å²) < 4.78 is 67.6. The monoisotopic (exact) mass is 1550 g/mol. The van der Waals surface area contributed by atoms with Crippen LogP contribution >= 0.6 is 0 Å². The van der Waals surface area contributed by atoms with Crippen LogP contribution in [-0.2, 0) is 29.1 Å². The molecular formula is C115H91BN4. The molecule has 16 aromatic carbocycles. The molecule has 1 aromatic heterocycles. The molecular weight excluding hydrogens is 1450 g/mol. The normalized spacial score (nSPS) is 14.8. The van der Waals surface area contributed by atoms with Gasteiger partial charge >= 0.3 is 0 Å². The van der Waals surface area contributed by atoms with E-state index in [-0.39, 0.29) is 63.7 Å². The summed E-state index contributed by atoms with van der Waals surface area (Å²) in [6, 6.07) is 115. The van der Waals surface area contributed by atoms with Crippen molar-refractivity contribution in [2.45, 2.75) is 101 Å². The summed E-state index contributed by atoms with van der Waals surface area (Å²) in [5.74, 6) is 0. The summed E-state index contributed by atoms with van der Waals surface area (Å²) in [4.78, 5) is 5.16. The van der Waals surface area contributed by atoms with Crippen molar-refractivity contribution in [3.63, 3.8) is 0 Å². The van der Waals surface area contributed by atoms with Gasteiger partial charge in [0, 0.05) is 52.3 Å². The zero-order valence-electron chi connectivity index (χ0n) is 74.8. The van der Waals surface area contributed by atoms with Crippen LogP contribution in [0.25, 0.3) is 105 Å². The molecule has 4 aliphatic carbocycles. The quantitative estimate of drug-likeness (QED) is 0.0634. The van der Waals surface area contributed by atoms with Crippen molar-refractivity contribution >= 4 is 67.7 Å². The van der Waals surface area contributed by atoms with Crippen LogP contribution in [0.2, 0.25) is 0 Å². The van der Waals surface area contributed by atoms with E-state index in [9.17, 15) is 12.1 Å². The number of hydrogen-bond donors (Lipinski definition) is 0. The number of aromatic nitrogens is 1. The molecule has 0 radical (unpaired) electrons. The van der Waals surface area contributed by atoms with Crippen molar-refractivity contribution < 1.29 is 9.60 Å². The minimum absolute atomic E-state index is 0.0416. The van der Waals surface area contributed by atoms with Crippen LogP contribution in [-0.4, -0.2) is 24.4 Å². The maximum absolute atomic E-state index is 10.5. The van der Waals surface area contributed by atoms with Gasteiger partial charge in [-0.2, -0.15) is 5.26 Å². The molecule has 0 unspecified atom stereocenters. The number of aryl methyl sites for hydroxylation is 2. The minimum Gasteiger partial charge on any atom is -0.342 e. The van der Waals surface area contributed by atoms with E-state index in [1.165, 1.54) is 145 Å². The second-order valence-corrected chi connectivity index (χ2v) is 34.9. The average molecular weight is 1550 g/mol. The lowest BCUT2D eigenvalue weighted by atomic mass is 9.33. The summed E-state index contributed by atoms with van der Waals surface area (Å²) >= 11 is 0. The van der Waals surface area contributed by atoms with Crippen LogP contribution in [0.5, 0.6) is 0 Å². The number of fused-ring (bicyclic) bond motifs is 27. The maximum atomic E-state index is 10.5. The van der Waals surface area contributed by atoms with Gasteiger partial charge in [-0.25, -0.2) is 0 Å². The molecule has 574 valence electrons. The van der Waals surface area contributed by atoms with Crippen molar-refractivity contribution in [1.82, 2.24) is 4.57 Å². The molecule has 4 nitrogen and oxygen atoms in total. The number of hydrogen-bond acceptors (Lipinski definition) is 3. The number of para-hydroxylation sites is 1. The Morgan fingerprint density at radius 2 is 0.775 bits per heavy atom. The molecule has 5 heteroatoms. The highest BCUT2D eigenvalue weighted by Gasteiger charge is 2.54. The SMILES string of the molecule is [2H]c1c([2H])c([2H])c2c(c1[2H])c1c([2H])c(C#N)c([2H])c([2H])c1n2-c1ccc2c(c1)N(CCCCCCc1ccccc1-c1ccc3c(c1)C1(c4ccccc4-c4ccccc41)c1ccccc1-3)c1cc(C(C)(C)C)cc3c1B2c1cc(-c2ccccc2)ccc1N3CCCCCCc1ccccc1-c1ccc2c(c1)C1(c3ccccc3-c3ccccc31)c1ccccc1-2. The highest BCUT2D eigenvalue weighted by Crippen LogP contribution is 2.65. The van der Waals surface area contributed by atoms with Gasteiger partial charge < -0.3 is 14.4 Å². The zero-order chi connectivity index (χ0) is 86.0. The van der Waals surface area contributed by atoms with Crippen LogP contribution in [0.4, 0.5) is 22.7 Å².